The van der Waals surface area contributed by atoms with Crippen molar-refractivity contribution in [2.45, 2.75) is 5.33 Å². The van der Waals surface area contributed by atoms with Gasteiger partial charge in [0.15, 0.2) is 0 Å². The van der Waals surface area contributed by atoms with E-state index in [-0.39, 0.29) is 5.69 Å². The molecule has 2 aromatic rings. The van der Waals surface area contributed by atoms with Gasteiger partial charge in [-0.15, -0.1) is 0 Å². The van der Waals surface area contributed by atoms with E-state index in [0.717, 1.165) is 0 Å². The zero-order chi connectivity index (χ0) is 15.6. The second-order valence-electron chi connectivity index (χ2n) is 3.98. The number of nitrogens with zero attached hydrogens (tertiary/aromatic N) is 1. The predicted octanol–water partition coefficient (Wildman–Crippen LogP) is 6.24. The first kappa shape index (κ1) is 16.4. The van der Waals surface area contributed by atoms with E-state index in [9.17, 15) is 10.1 Å². The van der Waals surface area contributed by atoms with Gasteiger partial charge in [0.2, 0.25) is 0 Å². The number of hydrogen-bond donors (Lipinski definition) is 0. The van der Waals surface area contributed by atoms with Crippen molar-refractivity contribution in [2.24, 2.45) is 0 Å². The van der Waals surface area contributed by atoms with Crippen LogP contribution in [0.4, 0.5) is 5.69 Å². The molecule has 0 heterocycles. The fraction of sp³-hybridized carbons (Fsp3) is 0.0769. The van der Waals surface area contributed by atoms with E-state index in [4.69, 9.17) is 39.5 Å². The molecule has 0 amide bonds. The molecule has 0 atom stereocenters. The number of alkyl halides is 1. The van der Waals surface area contributed by atoms with Crippen molar-refractivity contribution in [2.75, 3.05) is 0 Å². The van der Waals surface area contributed by atoms with Crippen LogP contribution in [0.15, 0.2) is 30.3 Å². The molecule has 4 nitrogen and oxygen atoms in total. The van der Waals surface area contributed by atoms with E-state index in [1.54, 1.807) is 0 Å². The van der Waals surface area contributed by atoms with E-state index in [1.165, 1.54) is 30.3 Å². The highest BCUT2D eigenvalue weighted by molar-refractivity contribution is 9.08. The van der Waals surface area contributed by atoms with Crippen LogP contribution in [0.1, 0.15) is 5.56 Å². The molecule has 8 heteroatoms. The van der Waals surface area contributed by atoms with Gasteiger partial charge in [0.25, 0.3) is 5.69 Å². The molecule has 0 fully saturated rings. The lowest BCUT2D eigenvalue weighted by molar-refractivity contribution is -0.384. The first-order valence-electron chi connectivity index (χ1n) is 5.58. The van der Waals surface area contributed by atoms with Gasteiger partial charge in [-0.05, 0) is 12.1 Å². The zero-order valence-electron chi connectivity index (χ0n) is 10.3. The van der Waals surface area contributed by atoms with E-state index >= 15 is 0 Å². The second kappa shape index (κ2) is 6.83. The van der Waals surface area contributed by atoms with Crippen molar-refractivity contribution in [3.05, 3.63) is 61.1 Å². The monoisotopic (exact) mass is 409 g/mol. The van der Waals surface area contributed by atoms with Gasteiger partial charge in [-0.2, -0.15) is 0 Å². The average molecular weight is 411 g/mol. The molecule has 21 heavy (non-hydrogen) atoms. The van der Waals surface area contributed by atoms with Crippen LogP contribution in [0.5, 0.6) is 11.5 Å². The lowest BCUT2D eigenvalue weighted by Crippen LogP contribution is -1.94. The summed E-state index contributed by atoms with van der Waals surface area (Å²) in [5.41, 5.74) is 0.600. The molecule has 2 rings (SSSR count). The summed E-state index contributed by atoms with van der Waals surface area (Å²) < 4.78 is 5.67. The molecule has 0 saturated carbocycles. The molecular formula is C13H7BrCl3NO3. The summed E-state index contributed by atoms with van der Waals surface area (Å²) in [6, 6.07) is 7.25. The number of hydrogen-bond acceptors (Lipinski definition) is 3. The Morgan fingerprint density at radius 3 is 2.33 bits per heavy atom. The van der Waals surface area contributed by atoms with Gasteiger partial charge in [-0.25, -0.2) is 0 Å². The molecule has 0 radical (unpaired) electrons. The van der Waals surface area contributed by atoms with E-state index < -0.39 is 4.92 Å². The molecular weight excluding hydrogens is 404 g/mol. The van der Waals surface area contributed by atoms with Crippen LogP contribution in [-0.2, 0) is 5.33 Å². The van der Waals surface area contributed by atoms with Gasteiger partial charge in [0.05, 0.1) is 20.0 Å². The molecule has 0 unspecified atom stereocenters. The Morgan fingerprint density at radius 1 is 1.05 bits per heavy atom. The Bertz CT molecular complexity index is 709. The number of benzene rings is 2. The minimum atomic E-state index is -0.470. The van der Waals surface area contributed by atoms with E-state index in [0.29, 0.717) is 37.5 Å². The fourth-order valence-corrected chi connectivity index (χ4v) is 2.60. The van der Waals surface area contributed by atoms with Crippen molar-refractivity contribution in [1.29, 1.82) is 0 Å². The maximum Gasteiger partial charge on any atom is 0.270 e. The average Bonchev–Trinajstić information content (AvgIpc) is 2.44. The molecule has 0 saturated heterocycles. The number of nitro groups is 1. The first-order chi connectivity index (χ1) is 9.92. The number of ether oxygens (including phenoxy) is 1. The number of nitro benzene ring substituents is 1. The van der Waals surface area contributed by atoms with Crippen LogP contribution >= 0.6 is 50.7 Å². The van der Waals surface area contributed by atoms with Gasteiger partial charge < -0.3 is 4.74 Å². The minimum absolute atomic E-state index is 0.0166. The summed E-state index contributed by atoms with van der Waals surface area (Å²) >= 11 is 21.1. The maximum atomic E-state index is 10.8. The largest absolute Gasteiger partial charge is 0.455 e. The molecule has 0 aliphatic carbocycles. The van der Waals surface area contributed by atoms with Gasteiger partial charge in [0.1, 0.15) is 11.5 Å². The van der Waals surface area contributed by atoms with E-state index in [1.807, 2.05) is 0 Å². The van der Waals surface area contributed by atoms with E-state index in [2.05, 4.69) is 15.9 Å². The van der Waals surface area contributed by atoms with Crippen molar-refractivity contribution < 1.29 is 9.66 Å². The lowest BCUT2D eigenvalue weighted by atomic mass is 10.2. The molecule has 0 bridgehead atoms. The maximum absolute atomic E-state index is 10.8. The fourth-order valence-electron chi connectivity index (χ4n) is 1.58. The SMILES string of the molecule is O=[N+]([O-])c1ccc(Oc2cc(Cl)c(Cl)cc2Cl)c(CBr)c1. The Morgan fingerprint density at radius 2 is 1.71 bits per heavy atom. The summed E-state index contributed by atoms with van der Waals surface area (Å²) in [6.07, 6.45) is 0. The van der Waals surface area contributed by atoms with Gasteiger partial charge in [-0.1, -0.05) is 50.7 Å². The number of non-ortho nitro benzene ring substituents is 1. The topological polar surface area (TPSA) is 52.4 Å². The zero-order valence-corrected chi connectivity index (χ0v) is 14.1. The highest BCUT2D eigenvalue weighted by atomic mass is 79.9. The first-order valence-corrected chi connectivity index (χ1v) is 7.83. The van der Waals surface area contributed by atoms with Gasteiger partial charge >= 0.3 is 0 Å². The molecule has 2 aromatic carbocycles. The number of rotatable bonds is 4. The molecule has 0 aliphatic rings. The highest BCUT2D eigenvalue weighted by Crippen LogP contribution is 2.38. The standard InChI is InChI=1S/C13H7BrCl3NO3/c14-6-7-3-8(18(19)20)1-2-12(7)21-13-5-10(16)9(15)4-11(13)17/h1-5H,6H2. The van der Waals surface area contributed by atoms with Gasteiger partial charge in [-0.3, -0.25) is 10.1 Å². The van der Waals surface area contributed by atoms with Crippen LogP contribution in [0.3, 0.4) is 0 Å². The Labute approximate surface area is 143 Å². The molecule has 0 aliphatic heterocycles. The molecule has 0 spiro atoms. The third kappa shape index (κ3) is 3.80. The van der Waals surface area contributed by atoms with Crippen molar-refractivity contribution >= 4 is 56.4 Å². The summed E-state index contributed by atoms with van der Waals surface area (Å²) in [4.78, 5) is 10.3. The molecule has 110 valence electrons. The predicted molar refractivity (Wildman–Crippen MR) is 87.3 cm³/mol. The van der Waals surface area contributed by atoms with Crippen LogP contribution in [0.2, 0.25) is 15.1 Å². The summed E-state index contributed by atoms with van der Waals surface area (Å²) in [5.74, 6) is 0.764. The number of halogens is 4. The van der Waals surface area contributed by atoms with Crippen molar-refractivity contribution in [3.8, 4) is 11.5 Å². The quantitative estimate of drug-likeness (QED) is 0.259. The molecule has 0 N–H and O–H groups in total. The van der Waals surface area contributed by atoms with Gasteiger partial charge in [0, 0.05) is 29.1 Å². The van der Waals surface area contributed by atoms with Crippen molar-refractivity contribution in [3.63, 3.8) is 0 Å². The normalized spacial score (nSPS) is 10.5. The van der Waals surface area contributed by atoms with Crippen LogP contribution in [0.25, 0.3) is 0 Å². The second-order valence-corrected chi connectivity index (χ2v) is 5.76. The summed E-state index contributed by atoms with van der Waals surface area (Å²) in [5, 5.41) is 12.1. The third-order valence-corrected chi connectivity index (χ3v) is 4.22. The minimum Gasteiger partial charge on any atom is -0.455 e. The Kier molecular flexibility index (Phi) is 5.32. The smallest absolute Gasteiger partial charge is 0.270 e. The van der Waals surface area contributed by atoms with Crippen LogP contribution < -0.4 is 4.74 Å². The Balaban J connectivity index is 2.40. The Hall–Kier alpha value is -1.01. The van der Waals surface area contributed by atoms with Crippen LogP contribution in [-0.4, -0.2) is 4.92 Å². The van der Waals surface area contributed by atoms with Crippen LogP contribution in [0, 0.1) is 10.1 Å². The highest BCUT2D eigenvalue weighted by Gasteiger charge is 2.14. The summed E-state index contributed by atoms with van der Waals surface area (Å²) in [6.45, 7) is 0. The lowest BCUT2D eigenvalue weighted by Gasteiger charge is -2.11. The summed E-state index contributed by atoms with van der Waals surface area (Å²) in [7, 11) is 0. The van der Waals surface area contributed by atoms with Crippen molar-refractivity contribution in [1.82, 2.24) is 0 Å². The third-order valence-electron chi connectivity index (χ3n) is 2.59. The molecule has 0 aromatic heterocycles.